The molecule has 1 amide bonds. The number of rotatable bonds is 33. The van der Waals surface area contributed by atoms with Gasteiger partial charge in [0.15, 0.2) is 12.6 Å². The number of unbranched alkanes of at least 4 members (excludes halogenated alkanes) is 12. The first-order valence-electron chi connectivity index (χ1n) is 23.0. The van der Waals surface area contributed by atoms with Gasteiger partial charge in [0, 0.05) is 6.42 Å². The van der Waals surface area contributed by atoms with Gasteiger partial charge in [-0.1, -0.05) is 120 Å². The fourth-order valence-corrected chi connectivity index (χ4v) is 7.04. The number of amides is 1. The fourth-order valence-electron chi connectivity index (χ4n) is 7.04. The van der Waals surface area contributed by atoms with Crippen molar-refractivity contribution >= 4 is 5.91 Å². The molecule has 2 heterocycles. The van der Waals surface area contributed by atoms with Crippen LogP contribution < -0.4 is 5.32 Å². The summed E-state index contributed by atoms with van der Waals surface area (Å²) in [5.74, 6) is -0.273. The van der Waals surface area contributed by atoms with Crippen molar-refractivity contribution in [2.45, 2.75) is 209 Å². The molecule has 0 aromatic heterocycles. The van der Waals surface area contributed by atoms with Crippen molar-refractivity contribution in [3.8, 4) is 0 Å². The highest BCUT2D eigenvalue weighted by Gasteiger charge is 2.50. The van der Waals surface area contributed by atoms with Crippen LogP contribution in [0.2, 0.25) is 0 Å². The van der Waals surface area contributed by atoms with Crippen molar-refractivity contribution in [3.63, 3.8) is 0 Å². The Labute approximate surface area is 365 Å². The smallest absolute Gasteiger partial charge is 0.220 e. The molecule has 2 aliphatic heterocycles. The predicted octanol–water partition coefficient (Wildman–Crippen LogP) is 4.71. The Kier molecular flexibility index (Phi) is 30.7. The second-order valence-corrected chi connectivity index (χ2v) is 16.2. The van der Waals surface area contributed by atoms with Gasteiger partial charge >= 0.3 is 0 Å². The van der Waals surface area contributed by atoms with Crippen LogP contribution in [0, 0.1) is 0 Å². The van der Waals surface area contributed by atoms with Gasteiger partial charge in [-0.3, -0.25) is 4.79 Å². The van der Waals surface area contributed by atoms with Crippen LogP contribution in [0.3, 0.4) is 0 Å². The third kappa shape index (κ3) is 22.2. The molecule has 0 aliphatic carbocycles. The van der Waals surface area contributed by atoms with Gasteiger partial charge in [0.1, 0.15) is 48.8 Å². The highest BCUT2D eigenvalue weighted by molar-refractivity contribution is 5.76. The number of aliphatic hydroxyl groups is 8. The van der Waals surface area contributed by atoms with Gasteiger partial charge in [-0.15, -0.1) is 0 Å². The van der Waals surface area contributed by atoms with E-state index in [-0.39, 0.29) is 18.9 Å². The first-order valence-corrected chi connectivity index (χ1v) is 23.0. The average molecular weight is 868 g/mol. The van der Waals surface area contributed by atoms with Crippen LogP contribution in [0.1, 0.15) is 136 Å². The Hall–Kier alpha value is -2.31. The highest BCUT2D eigenvalue weighted by atomic mass is 16.7. The van der Waals surface area contributed by atoms with Crippen LogP contribution in [-0.2, 0) is 23.7 Å². The molecule has 2 rings (SSSR count). The molecule has 12 unspecified atom stereocenters. The average Bonchev–Trinajstić information content (AvgIpc) is 3.26. The third-order valence-corrected chi connectivity index (χ3v) is 10.9. The summed E-state index contributed by atoms with van der Waals surface area (Å²) in [7, 11) is 0. The SMILES string of the molecule is CCCC/C=C/CC/C=C/CC/C=C/C(O)C(COC1OC(CO)C(OC2OC(CO)C(O)C(O)C2O)C(O)C1O)NC(=O)CCCCCCC/C=C\C/C=C\CCCCC. The lowest BCUT2D eigenvalue weighted by Gasteiger charge is -2.46. The predicted molar refractivity (Wildman–Crippen MR) is 235 cm³/mol. The van der Waals surface area contributed by atoms with Gasteiger partial charge in [-0.25, -0.2) is 0 Å². The first kappa shape index (κ1) is 54.8. The summed E-state index contributed by atoms with van der Waals surface area (Å²) in [4.78, 5) is 13.1. The van der Waals surface area contributed by atoms with E-state index in [1.807, 2.05) is 6.08 Å². The summed E-state index contributed by atoms with van der Waals surface area (Å²) < 4.78 is 22.6. The van der Waals surface area contributed by atoms with Crippen molar-refractivity contribution in [3.05, 3.63) is 60.8 Å². The van der Waals surface area contributed by atoms with E-state index in [4.69, 9.17) is 18.9 Å². The Bertz CT molecular complexity index is 1260. The number of carbonyl (C=O) groups is 1. The summed E-state index contributed by atoms with van der Waals surface area (Å²) >= 11 is 0. The number of ether oxygens (including phenoxy) is 4. The summed E-state index contributed by atoms with van der Waals surface area (Å²) in [5, 5.41) is 86.4. The van der Waals surface area contributed by atoms with Gasteiger partial charge in [-0.05, 0) is 70.6 Å². The number of hydrogen-bond donors (Lipinski definition) is 9. The minimum Gasteiger partial charge on any atom is -0.394 e. The maximum absolute atomic E-state index is 13.1. The quantitative estimate of drug-likeness (QED) is 0.0322. The number of carbonyl (C=O) groups excluding carboxylic acids is 1. The molecule has 0 bridgehead atoms. The Morgan fingerprint density at radius 1 is 0.590 bits per heavy atom. The van der Waals surface area contributed by atoms with E-state index in [2.05, 4.69) is 67.8 Å². The zero-order valence-corrected chi connectivity index (χ0v) is 36.9. The topological polar surface area (TPSA) is 228 Å². The molecule has 14 heteroatoms. The highest BCUT2D eigenvalue weighted by Crippen LogP contribution is 2.30. The molecule has 0 aromatic rings. The van der Waals surface area contributed by atoms with Crippen molar-refractivity contribution in [1.82, 2.24) is 5.32 Å². The van der Waals surface area contributed by atoms with Crippen LogP contribution in [0.5, 0.6) is 0 Å². The van der Waals surface area contributed by atoms with Gasteiger partial charge < -0.3 is 65.1 Å². The first-order chi connectivity index (χ1) is 29.6. The maximum atomic E-state index is 13.1. The number of nitrogens with one attached hydrogen (secondary N) is 1. The standard InChI is InChI=1S/C47H81NO13/c1-3-5-7-9-11-13-15-17-18-19-21-23-25-27-29-31-39(52)48-35(36(51)30-28-26-24-22-20-16-14-12-10-8-6-4-2)34-58-46-44(57)42(55)45(38(33-50)60-46)61-47-43(56)41(54)40(53)37(32-49)59-47/h10-13,17-18,20,22,28,30,35-38,40-47,49-51,53-57H,3-9,14-16,19,21,23-27,29,31-34H2,1-2H3,(H,48,52)/b12-10+,13-11-,18-17-,22-20+,30-28+. The molecule has 14 nitrogen and oxygen atoms in total. The van der Waals surface area contributed by atoms with Crippen LogP contribution in [0.25, 0.3) is 0 Å². The van der Waals surface area contributed by atoms with Crippen LogP contribution in [-0.4, -0.2) is 140 Å². The fraction of sp³-hybridized carbons (Fsp3) is 0.766. The summed E-state index contributed by atoms with van der Waals surface area (Å²) in [5.41, 5.74) is 0. The molecule has 2 aliphatic rings. The van der Waals surface area contributed by atoms with Gasteiger partial charge in [0.2, 0.25) is 5.91 Å². The van der Waals surface area contributed by atoms with Crippen molar-refractivity contribution in [1.29, 1.82) is 0 Å². The van der Waals surface area contributed by atoms with Crippen molar-refractivity contribution in [2.75, 3.05) is 19.8 Å². The Morgan fingerprint density at radius 2 is 1.11 bits per heavy atom. The molecule has 12 atom stereocenters. The zero-order chi connectivity index (χ0) is 44.7. The molecule has 0 spiro atoms. The molecule has 0 aromatic carbocycles. The van der Waals surface area contributed by atoms with Crippen molar-refractivity contribution < 1.29 is 64.6 Å². The molecule has 352 valence electrons. The van der Waals surface area contributed by atoms with Gasteiger partial charge in [0.25, 0.3) is 0 Å². The van der Waals surface area contributed by atoms with E-state index in [0.717, 1.165) is 70.6 Å². The van der Waals surface area contributed by atoms with E-state index in [0.29, 0.717) is 12.8 Å². The monoisotopic (exact) mass is 868 g/mol. The largest absolute Gasteiger partial charge is 0.394 e. The minimum atomic E-state index is -1.79. The molecular weight excluding hydrogens is 787 g/mol. The Balaban J connectivity index is 1.92. The molecule has 61 heavy (non-hydrogen) atoms. The zero-order valence-electron chi connectivity index (χ0n) is 36.9. The van der Waals surface area contributed by atoms with Crippen LogP contribution in [0.15, 0.2) is 60.8 Å². The normalized spacial score (nSPS) is 28.6. The molecule has 2 fully saturated rings. The summed E-state index contributed by atoms with van der Waals surface area (Å²) in [6.45, 7) is 2.63. The second kappa shape index (κ2) is 34.1. The number of allylic oxidation sites excluding steroid dienone is 9. The van der Waals surface area contributed by atoms with Crippen LogP contribution >= 0.6 is 0 Å². The lowest BCUT2D eigenvalue weighted by Crippen LogP contribution is -2.65. The van der Waals surface area contributed by atoms with E-state index in [1.165, 1.54) is 32.1 Å². The second-order valence-electron chi connectivity index (χ2n) is 16.2. The van der Waals surface area contributed by atoms with Crippen LogP contribution in [0.4, 0.5) is 0 Å². The third-order valence-electron chi connectivity index (χ3n) is 10.9. The van der Waals surface area contributed by atoms with Gasteiger partial charge in [-0.2, -0.15) is 0 Å². The summed E-state index contributed by atoms with van der Waals surface area (Å²) in [6, 6.07) is -0.944. The van der Waals surface area contributed by atoms with E-state index < -0.39 is 86.8 Å². The Morgan fingerprint density at radius 3 is 1.75 bits per heavy atom. The number of aliphatic hydroxyl groups excluding tert-OH is 8. The van der Waals surface area contributed by atoms with Gasteiger partial charge in [0.05, 0.1) is 32.0 Å². The van der Waals surface area contributed by atoms with E-state index in [9.17, 15) is 45.6 Å². The number of hydrogen-bond acceptors (Lipinski definition) is 13. The lowest BCUT2D eigenvalue weighted by atomic mass is 9.97. The van der Waals surface area contributed by atoms with E-state index >= 15 is 0 Å². The molecule has 9 N–H and O–H groups in total. The van der Waals surface area contributed by atoms with Crippen molar-refractivity contribution in [2.24, 2.45) is 0 Å². The molecule has 0 saturated carbocycles. The molecule has 2 saturated heterocycles. The summed E-state index contributed by atoms with van der Waals surface area (Å²) in [6.07, 6.45) is 22.7. The minimum absolute atomic E-state index is 0.251. The van der Waals surface area contributed by atoms with E-state index in [1.54, 1.807) is 6.08 Å². The molecule has 0 radical (unpaired) electrons. The maximum Gasteiger partial charge on any atom is 0.220 e. The molecular formula is C47H81NO13. The lowest BCUT2D eigenvalue weighted by molar-refractivity contribution is -0.359.